The highest BCUT2D eigenvalue weighted by atomic mass is 16.4. The van der Waals surface area contributed by atoms with E-state index in [0.717, 1.165) is 23.8 Å². The van der Waals surface area contributed by atoms with Crippen molar-refractivity contribution in [3.8, 4) is 0 Å². The molecule has 1 aromatic heterocycles. The molecule has 0 aliphatic carbocycles. The highest BCUT2D eigenvalue weighted by molar-refractivity contribution is 5.17. The summed E-state index contributed by atoms with van der Waals surface area (Å²) in [6.07, 6.45) is 1.03. The summed E-state index contributed by atoms with van der Waals surface area (Å²) in [6, 6.07) is 0. The Balaban J connectivity index is 0.00000106. The van der Waals surface area contributed by atoms with Crippen LogP contribution in [0.15, 0.2) is 4.42 Å². The lowest BCUT2D eigenvalue weighted by Gasteiger charge is -2.15. The molecule has 0 aliphatic heterocycles. The zero-order valence-corrected chi connectivity index (χ0v) is 11.7. The van der Waals surface area contributed by atoms with E-state index in [1.165, 1.54) is 0 Å². The zero-order valence-electron chi connectivity index (χ0n) is 11.7. The number of hydrogen-bond acceptors (Lipinski definition) is 3. The number of nitrogens with zero attached hydrogens (tertiary/aromatic N) is 1. The van der Waals surface area contributed by atoms with Gasteiger partial charge in [0.2, 0.25) is 0 Å². The standard InChI is InChI=1S/C11H20N2O.C2H6/c1-6-7(2)10-13-9(8(3)14-10)11(4,5)12;1-2/h7H,6,12H2,1-5H3;1-2H3. The van der Waals surface area contributed by atoms with Crippen molar-refractivity contribution in [3.05, 3.63) is 17.3 Å². The van der Waals surface area contributed by atoms with Crippen LogP contribution in [0.4, 0.5) is 0 Å². The minimum Gasteiger partial charge on any atom is -0.445 e. The monoisotopic (exact) mass is 226 g/mol. The molecule has 1 heterocycles. The van der Waals surface area contributed by atoms with Gasteiger partial charge in [0.25, 0.3) is 0 Å². The first-order chi connectivity index (χ1) is 7.36. The molecule has 2 N–H and O–H groups in total. The summed E-state index contributed by atoms with van der Waals surface area (Å²) in [4.78, 5) is 4.46. The van der Waals surface area contributed by atoms with Gasteiger partial charge in [-0.2, -0.15) is 0 Å². The van der Waals surface area contributed by atoms with Crippen LogP contribution in [0.25, 0.3) is 0 Å². The maximum absolute atomic E-state index is 5.99. The van der Waals surface area contributed by atoms with Gasteiger partial charge in [-0.3, -0.25) is 0 Å². The number of aryl methyl sites for hydroxylation is 1. The quantitative estimate of drug-likeness (QED) is 0.854. The first-order valence-corrected chi connectivity index (χ1v) is 6.13. The molecule has 0 fully saturated rings. The summed E-state index contributed by atoms with van der Waals surface area (Å²) < 4.78 is 5.60. The van der Waals surface area contributed by atoms with Gasteiger partial charge in [0, 0.05) is 5.92 Å². The normalized spacial score (nSPS) is 13.0. The summed E-state index contributed by atoms with van der Waals surface area (Å²) in [5.74, 6) is 2.01. The third kappa shape index (κ3) is 3.63. The molecule has 0 amide bonds. The van der Waals surface area contributed by atoms with Gasteiger partial charge >= 0.3 is 0 Å². The topological polar surface area (TPSA) is 52.0 Å². The number of oxazole rings is 1. The minimum absolute atomic E-state index is 0.366. The van der Waals surface area contributed by atoms with Gasteiger partial charge in [-0.25, -0.2) is 4.98 Å². The zero-order chi connectivity index (χ0) is 12.9. The fraction of sp³-hybridized carbons (Fsp3) is 0.769. The van der Waals surface area contributed by atoms with Crippen molar-refractivity contribution in [2.75, 3.05) is 0 Å². The molecule has 0 bridgehead atoms. The maximum Gasteiger partial charge on any atom is 0.197 e. The smallest absolute Gasteiger partial charge is 0.197 e. The largest absolute Gasteiger partial charge is 0.445 e. The molecule has 0 saturated heterocycles. The second-order valence-corrected chi connectivity index (χ2v) is 4.49. The van der Waals surface area contributed by atoms with E-state index in [1.54, 1.807) is 0 Å². The van der Waals surface area contributed by atoms with Crippen LogP contribution < -0.4 is 5.73 Å². The molecular weight excluding hydrogens is 200 g/mol. The van der Waals surface area contributed by atoms with Crippen LogP contribution in [0.5, 0.6) is 0 Å². The molecule has 3 nitrogen and oxygen atoms in total. The molecule has 0 saturated carbocycles. The third-order valence-electron chi connectivity index (χ3n) is 2.46. The van der Waals surface area contributed by atoms with Crippen molar-refractivity contribution in [1.82, 2.24) is 4.98 Å². The fourth-order valence-corrected chi connectivity index (χ4v) is 1.40. The van der Waals surface area contributed by atoms with E-state index in [4.69, 9.17) is 10.2 Å². The molecule has 1 aromatic rings. The Kier molecular flexibility index (Phi) is 5.73. The Labute approximate surface area is 99.4 Å². The molecule has 0 aliphatic rings. The molecule has 0 spiro atoms. The van der Waals surface area contributed by atoms with Gasteiger partial charge in [0.15, 0.2) is 5.89 Å². The third-order valence-corrected chi connectivity index (χ3v) is 2.46. The first kappa shape index (κ1) is 15.2. The van der Waals surface area contributed by atoms with E-state index in [2.05, 4.69) is 18.8 Å². The van der Waals surface area contributed by atoms with Gasteiger partial charge < -0.3 is 10.2 Å². The number of nitrogens with two attached hydrogens (primary N) is 1. The summed E-state index contributed by atoms with van der Waals surface area (Å²) in [5.41, 5.74) is 6.44. The molecule has 94 valence electrons. The molecule has 3 heteroatoms. The molecule has 1 atom stereocenters. The average Bonchev–Trinajstić information content (AvgIpc) is 2.62. The Morgan fingerprint density at radius 3 is 2.19 bits per heavy atom. The molecule has 0 radical (unpaired) electrons. The Bertz CT molecular complexity index is 310. The van der Waals surface area contributed by atoms with Crippen LogP contribution in [0.2, 0.25) is 0 Å². The highest BCUT2D eigenvalue weighted by Gasteiger charge is 2.24. The fourth-order valence-electron chi connectivity index (χ4n) is 1.40. The lowest BCUT2D eigenvalue weighted by molar-refractivity contribution is 0.432. The summed E-state index contributed by atoms with van der Waals surface area (Å²) in [6.45, 7) is 14.0. The van der Waals surface area contributed by atoms with Gasteiger partial charge in [0.1, 0.15) is 11.5 Å². The van der Waals surface area contributed by atoms with Gasteiger partial charge in [-0.15, -0.1) is 0 Å². The van der Waals surface area contributed by atoms with E-state index < -0.39 is 5.54 Å². The van der Waals surface area contributed by atoms with Gasteiger partial charge in [-0.1, -0.05) is 27.7 Å². The first-order valence-electron chi connectivity index (χ1n) is 6.13. The Hall–Kier alpha value is -0.830. The number of hydrogen-bond donors (Lipinski definition) is 1. The van der Waals surface area contributed by atoms with Gasteiger partial charge in [-0.05, 0) is 27.2 Å². The van der Waals surface area contributed by atoms with E-state index in [0.29, 0.717) is 5.92 Å². The van der Waals surface area contributed by atoms with E-state index >= 15 is 0 Å². The van der Waals surface area contributed by atoms with Crippen LogP contribution in [0.1, 0.15) is 71.2 Å². The lowest BCUT2D eigenvalue weighted by Crippen LogP contribution is -2.30. The van der Waals surface area contributed by atoms with E-state index in [9.17, 15) is 0 Å². The predicted molar refractivity (Wildman–Crippen MR) is 68.5 cm³/mol. The highest BCUT2D eigenvalue weighted by Crippen LogP contribution is 2.25. The Morgan fingerprint density at radius 1 is 1.38 bits per heavy atom. The van der Waals surface area contributed by atoms with E-state index in [1.807, 2.05) is 34.6 Å². The molecule has 1 unspecified atom stereocenters. The molecule has 1 rings (SSSR count). The van der Waals surface area contributed by atoms with Crippen molar-refractivity contribution in [2.45, 2.75) is 66.3 Å². The van der Waals surface area contributed by atoms with Crippen molar-refractivity contribution in [1.29, 1.82) is 0 Å². The second kappa shape index (κ2) is 6.04. The SMILES string of the molecule is CC.CCC(C)c1nc(C(C)(C)N)c(C)o1. The van der Waals surface area contributed by atoms with Crippen molar-refractivity contribution in [2.24, 2.45) is 5.73 Å². The number of aromatic nitrogens is 1. The lowest BCUT2D eigenvalue weighted by atomic mass is 10.0. The maximum atomic E-state index is 5.99. The summed E-state index contributed by atoms with van der Waals surface area (Å²) in [5, 5.41) is 0. The van der Waals surface area contributed by atoms with Crippen LogP contribution in [-0.2, 0) is 5.54 Å². The van der Waals surface area contributed by atoms with Crippen molar-refractivity contribution >= 4 is 0 Å². The molecular formula is C13H26N2O. The Morgan fingerprint density at radius 2 is 1.88 bits per heavy atom. The van der Waals surface area contributed by atoms with E-state index in [-0.39, 0.29) is 0 Å². The second-order valence-electron chi connectivity index (χ2n) is 4.49. The molecule has 16 heavy (non-hydrogen) atoms. The van der Waals surface area contributed by atoms with Crippen molar-refractivity contribution in [3.63, 3.8) is 0 Å². The minimum atomic E-state index is -0.417. The van der Waals surface area contributed by atoms with Crippen LogP contribution >= 0.6 is 0 Å². The summed E-state index contributed by atoms with van der Waals surface area (Å²) in [7, 11) is 0. The van der Waals surface area contributed by atoms with Crippen LogP contribution in [0, 0.1) is 6.92 Å². The predicted octanol–water partition coefficient (Wildman–Crippen LogP) is 3.72. The summed E-state index contributed by atoms with van der Waals surface area (Å²) >= 11 is 0. The molecule has 0 aromatic carbocycles. The van der Waals surface area contributed by atoms with Crippen LogP contribution in [0.3, 0.4) is 0 Å². The van der Waals surface area contributed by atoms with Crippen LogP contribution in [-0.4, -0.2) is 4.98 Å². The van der Waals surface area contributed by atoms with Crippen molar-refractivity contribution < 1.29 is 4.42 Å². The number of rotatable bonds is 3. The van der Waals surface area contributed by atoms with Gasteiger partial charge in [0.05, 0.1) is 5.54 Å². The average molecular weight is 226 g/mol.